The number of benzene rings is 9. The smallest absolute Gasteiger partial charge is 0.240 e. The fourth-order valence-electron chi connectivity index (χ4n) is 10.1. The van der Waals surface area contributed by atoms with Crippen LogP contribution in [0.2, 0.25) is 0 Å². The summed E-state index contributed by atoms with van der Waals surface area (Å²) in [7, 11) is 0. The predicted molar refractivity (Wildman–Crippen MR) is 261 cm³/mol. The molecule has 14 aromatic rings. The van der Waals surface area contributed by atoms with Crippen molar-refractivity contribution in [1.82, 2.24) is 28.7 Å². The first-order valence-electron chi connectivity index (χ1n) is 21.5. The van der Waals surface area contributed by atoms with Crippen molar-refractivity contribution in [2.24, 2.45) is 0 Å². The van der Waals surface area contributed by atoms with E-state index in [-0.39, 0.29) is 0 Å². The molecule has 0 N–H and O–H groups in total. The number of hydrogen-bond acceptors (Lipinski definition) is 4. The molecule has 7 nitrogen and oxygen atoms in total. The lowest BCUT2D eigenvalue weighted by atomic mass is 10.0. The number of fused-ring (bicyclic) bond motifs is 13. The molecule has 0 spiro atoms. The van der Waals surface area contributed by atoms with Crippen LogP contribution in [0.15, 0.2) is 211 Å². The Morgan fingerprint density at radius 1 is 0.297 bits per heavy atom. The lowest BCUT2D eigenvalue weighted by Crippen LogP contribution is -2.10. The van der Waals surface area contributed by atoms with Crippen molar-refractivity contribution in [2.45, 2.75) is 0 Å². The third-order valence-electron chi connectivity index (χ3n) is 12.9. The number of aromatic nitrogens is 6. The molecule has 0 aliphatic rings. The van der Waals surface area contributed by atoms with E-state index >= 15 is 0 Å². The maximum Gasteiger partial charge on any atom is 0.240 e. The van der Waals surface area contributed by atoms with Gasteiger partial charge in [0.2, 0.25) is 11.9 Å². The van der Waals surface area contributed by atoms with E-state index in [1.807, 2.05) is 18.2 Å². The zero-order valence-electron chi connectivity index (χ0n) is 34.2. The van der Waals surface area contributed by atoms with Crippen LogP contribution in [0.3, 0.4) is 0 Å². The maximum absolute atomic E-state index is 6.45. The second-order valence-electron chi connectivity index (χ2n) is 16.4. The van der Waals surface area contributed by atoms with Crippen LogP contribution in [-0.4, -0.2) is 28.7 Å². The molecule has 7 heteroatoms. The maximum atomic E-state index is 6.45. The molecule has 64 heavy (non-hydrogen) atoms. The van der Waals surface area contributed by atoms with Crippen LogP contribution in [-0.2, 0) is 0 Å². The van der Waals surface area contributed by atoms with E-state index in [9.17, 15) is 0 Å². The summed E-state index contributed by atoms with van der Waals surface area (Å²) in [5.41, 5.74) is 12.1. The number of hydrogen-bond donors (Lipinski definition) is 0. The van der Waals surface area contributed by atoms with Gasteiger partial charge in [-0.15, -0.1) is 0 Å². The summed E-state index contributed by atoms with van der Waals surface area (Å²) in [6.07, 6.45) is 0. The molecular formula is C57H34N6O. The minimum atomic E-state index is 0.514. The Bertz CT molecular complexity index is 4190. The van der Waals surface area contributed by atoms with Gasteiger partial charge in [-0.3, -0.25) is 9.13 Å². The summed E-state index contributed by atoms with van der Waals surface area (Å²) in [5.74, 6) is 1.57. The van der Waals surface area contributed by atoms with E-state index in [1.54, 1.807) is 0 Å². The Labute approximate surface area is 365 Å². The van der Waals surface area contributed by atoms with Crippen molar-refractivity contribution in [1.29, 1.82) is 0 Å². The molecule has 0 atom stereocenters. The quantitative estimate of drug-likeness (QED) is 0.173. The summed E-state index contributed by atoms with van der Waals surface area (Å²) < 4.78 is 13.3. The number of furan rings is 1. The number of nitrogens with zero attached hydrogens (tertiary/aromatic N) is 6. The molecule has 9 aromatic carbocycles. The normalized spacial score (nSPS) is 12.1. The summed E-state index contributed by atoms with van der Waals surface area (Å²) in [5, 5.41) is 8.91. The SMILES string of the molecule is c1ccc(-c2ccc3c(c2)c2ccccc2n3-c2nc(-c3ccc4c(c3)oc3ccccc34)nc(-n3c4ccccc4c4ccc5c6ccccc6n(-c6ccccc6)c5c43)n2)cc1. The van der Waals surface area contributed by atoms with E-state index in [2.05, 4.69) is 202 Å². The van der Waals surface area contributed by atoms with Crippen molar-refractivity contribution in [3.05, 3.63) is 206 Å². The van der Waals surface area contributed by atoms with Gasteiger partial charge >= 0.3 is 0 Å². The van der Waals surface area contributed by atoms with Gasteiger partial charge < -0.3 is 8.98 Å². The van der Waals surface area contributed by atoms with Gasteiger partial charge in [-0.25, -0.2) is 0 Å². The highest BCUT2D eigenvalue weighted by molar-refractivity contribution is 6.23. The molecule has 5 aromatic heterocycles. The lowest BCUT2D eigenvalue weighted by Gasteiger charge is -2.14. The van der Waals surface area contributed by atoms with E-state index in [4.69, 9.17) is 19.4 Å². The molecule has 0 aliphatic carbocycles. The minimum absolute atomic E-state index is 0.514. The molecule has 0 unspecified atom stereocenters. The van der Waals surface area contributed by atoms with Gasteiger partial charge in [0.15, 0.2) is 5.82 Å². The Morgan fingerprint density at radius 2 is 0.797 bits per heavy atom. The fourth-order valence-corrected chi connectivity index (χ4v) is 10.1. The average Bonchev–Trinajstić information content (AvgIpc) is 4.10. The topological polar surface area (TPSA) is 66.6 Å². The van der Waals surface area contributed by atoms with Crippen molar-refractivity contribution >= 4 is 87.4 Å². The Kier molecular flexibility index (Phi) is 7.27. The number of rotatable bonds is 5. The van der Waals surface area contributed by atoms with E-state index in [0.29, 0.717) is 17.7 Å². The van der Waals surface area contributed by atoms with Crippen molar-refractivity contribution < 1.29 is 4.42 Å². The fraction of sp³-hybridized carbons (Fsp3) is 0. The summed E-state index contributed by atoms with van der Waals surface area (Å²) in [4.78, 5) is 16.4. The largest absolute Gasteiger partial charge is 0.456 e. The van der Waals surface area contributed by atoms with Gasteiger partial charge in [-0.2, -0.15) is 15.0 Å². The van der Waals surface area contributed by atoms with Gasteiger partial charge in [0.05, 0.1) is 33.1 Å². The van der Waals surface area contributed by atoms with Crippen LogP contribution >= 0.6 is 0 Å². The van der Waals surface area contributed by atoms with E-state index in [0.717, 1.165) is 104 Å². The number of para-hydroxylation sites is 5. The van der Waals surface area contributed by atoms with Crippen LogP contribution in [0, 0.1) is 0 Å². The Hall–Kier alpha value is -8.81. The van der Waals surface area contributed by atoms with Crippen molar-refractivity contribution in [3.8, 4) is 40.1 Å². The molecule has 0 amide bonds. The second-order valence-corrected chi connectivity index (χ2v) is 16.4. The summed E-state index contributed by atoms with van der Waals surface area (Å²) in [6, 6.07) is 72.6. The zero-order chi connectivity index (χ0) is 41.9. The molecule has 0 radical (unpaired) electrons. The van der Waals surface area contributed by atoms with E-state index in [1.165, 1.54) is 5.39 Å². The molecule has 5 heterocycles. The Morgan fingerprint density at radius 3 is 1.52 bits per heavy atom. The third kappa shape index (κ3) is 5.00. The average molecular weight is 819 g/mol. The first-order chi connectivity index (χ1) is 31.7. The standard InChI is InChI=1S/C57H34N6O/c1-3-15-35(16-4-1)36-28-32-50-46(33-36)41-21-9-12-24-48(41)62(50)56-58-55(37-27-29-43-42-22-10-14-26-51(42)64-52(43)34-37)59-57(60-56)63-49-25-13-8-20-40(49)45-31-30-44-39-19-7-11-23-47(39)61(53(44)54(45)63)38-17-5-2-6-18-38/h1-34H. The second kappa shape index (κ2) is 13.3. The molecule has 0 fully saturated rings. The summed E-state index contributed by atoms with van der Waals surface area (Å²) in [6.45, 7) is 0. The molecule has 14 rings (SSSR count). The Balaban J connectivity index is 1.12. The first-order valence-corrected chi connectivity index (χ1v) is 21.5. The zero-order valence-corrected chi connectivity index (χ0v) is 34.2. The van der Waals surface area contributed by atoms with Crippen LogP contribution in [0.1, 0.15) is 0 Å². The summed E-state index contributed by atoms with van der Waals surface area (Å²) >= 11 is 0. The van der Waals surface area contributed by atoms with Crippen LogP contribution < -0.4 is 0 Å². The monoisotopic (exact) mass is 818 g/mol. The van der Waals surface area contributed by atoms with Gasteiger partial charge in [-0.1, -0.05) is 146 Å². The third-order valence-corrected chi connectivity index (χ3v) is 12.9. The molecular weight excluding hydrogens is 785 g/mol. The van der Waals surface area contributed by atoms with E-state index < -0.39 is 0 Å². The van der Waals surface area contributed by atoms with Crippen molar-refractivity contribution in [2.75, 3.05) is 0 Å². The van der Waals surface area contributed by atoms with Gasteiger partial charge in [0.25, 0.3) is 0 Å². The highest BCUT2D eigenvalue weighted by Gasteiger charge is 2.25. The highest BCUT2D eigenvalue weighted by atomic mass is 16.3. The van der Waals surface area contributed by atoms with Crippen molar-refractivity contribution in [3.63, 3.8) is 0 Å². The minimum Gasteiger partial charge on any atom is -0.456 e. The molecule has 0 bridgehead atoms. The lowest BCUT2D eigenvalue weighted by molar-refractivity contribution is 0.669. The molecule has 0 saturated heterocycles. The van der Waals surface area contributed by atoms with Gasteiger partial charge in [0.1, 0.15) is 11.2 Å². The molecule has 0 saturated carbocycles. The molecule has 0 aliphatic heterocycles. The molecule has 298 valence electrons. The van der Waals surface area contributed by atoms with Crippen LogP contribution in [0.4, 0.5) is 0 Å². The van der Waals surface area contributed by atoms with Crippen LogP contribution in [0.5, 0.6) is 0 Å². The van der Waals surface area contributed by atoms with Gasteiger partial charge in [0, 0.05) is 54.3 Å². The highest BCUT2D eigenvalue weighted by Crippen LogP contribution is 2.42. The first kappa shape index (κ1) is 34.9. The van der Waals surface area contributed by atoms with Crippen LogP contribution in [0.25, 0.3) is 127 Å². The van der Waals surface area contributed by atoms with Gasteiger partial charge in [-0.05, 0) is 71.8 Å². The predicted octanol–water partition coefficient (Wildman–Crippen LogP) is 14.4.